The Kier molecular flexibility index (Phi) is 5.91. The van der Waals surface area contributed by atoms with Crippen LogP contribution in [0, 0.1) is 5.92 Å². The van der Waals surface area contributed by atoms with Crippen molar-refractivity contribution in [3.63, 3.8) is 0 Å². The molecule has 2 atom stereocenters. The molecule has 0 bridgehead atoms. The molecule has 0 aromatic heterocycles. The van der Waals surface area contributed by atoms with Gasteiger partial charge in [0.1, 0.15) is 0 Å². The molecule has 1 aromatic rings. The van der Waals surface area contributed by atoms with Crippen molar-refractivity contribution in [3.05, 3.63) is 29.8 Å². The van der Waals surface area contributed by atoms with E-state index < -0.39 is 0 Å². The molecule has 1 aliphatic heterocycles. The second kappa shape index (κ2) is 7.99. The van der Waals surface area contributed by atoms with Crippen molar-refractivity contribution < 1.29 is 4.79 Å². The number of carbonyl (C=O) groups is 1. The summed E-state index contributed by atoms with van der Waals surface area (Å²) in [6.07, 6.45) is 6.00. The molecule has 1 saturated carbocycles. The lowest BCUT2D eigenvalue weighted by atomic mass is 9.87. The lowest BCUT2D eigenvalue weighted by Gasteiger charge is -2.34. The zero-order valence-corrected chi connectivity index (χ0v) is 16.6. The molecular weight excluding hydrogens is 322 g/mol. The van der Waals surface area contributed by atoms with Crippen LogP contribution in [0.1, 0.15) is 64.9 Å². The predicted molar refractivity (Wildman–Crippen MR) is 108 cm³/mol. The first-order valence-corrected chi connectivity index (χ1v) is 10.2. The van der Waals surface area contributed by atoms with Gasteiger partial charge >= 0.3 is 0 Å². The van der Waals surface area contributed by atoms with Gasteiger partial charge in [0.25, 0.3) is 0 Å². The Labute approximate surface area is 158 Å². The van der Waals surface area contributed by atoms with Crippen LogP contribution in [-0.4, -0.2) is 31.1 Å². The number of rotatable bonds is 4. The molecule has 26 heavy (non-hydrogen) atoms. The highest BCUT2D eigenvalue weighted by molar-refractivity contribution is 5.76. The van der Waals surface area contributed by atoms with E-state index >= 15 is 0 Å². The van der Waals surface area contributed by atoms with Crippen molar-refractivity contribution in [2.45, 2.75) is 76.8 Å². The first-order valence-electron chi connectivity index (χ1n) is 10.2. The van der Waals surface area contributed by atoms with E-state index in [4.69, 9.17) is 5.73 Å². The van der Waals surface area contributed by atoms with Crippen molar-refractivity contribution >= 4 is 11.6 Å². The molecule has 3 N–H and O–H groups in total. The Hall–Kier alpha value is -1.55. The van der Waals surface area contributed by atoms with Crippen LogP contribution in [0.4, 0.5) is 5.69 Å². The SMILES string of the molecule is CC(C)(C)c1ccc(N2CCC(NC(=O)C[C@@H]3CCC[C@H]3N)CC2)cc1. The Morgan fingerprint density at radius 1 is 1.12 bits per heavy atom. The molecule has 0 spiro atoms. The Morgan fingerprint density at radius 3 is 2.31 bits per heavy atom. The summed E-state index contributed by atoms with van der Waals surface area (Å²) in [5, 5.41) is 3.25. The topological polar surface area (TPSA) is 58.4 Å². The molecule has 1 amide bonds. The zero-order chi connectivity index (χ0) is 18.7. The zero-order valence-electron chi connectivity index (χ0n) is 16.6. The Morgan fingerprint density at radius 2 is 1.77 bits per heavy atom. The third-order valence-corrected chi connectivity index (χ3v) is 6.12. The summed E-state index contributed by atoms with van der Waals surface area (Å²) in [4.78, 5) is 14.7. The number of benzene rings is 1. The molecule has 0 radical (unpaired) electrons. The van der Waals surface area contributed by atoms with Crippen LogP contribution in [0.2, 0.25) is 0 Å². The summed E-state index contributed by atoms with van der Waals surface area (Å²) in [6.45, 7) is 8.74. The van der Waals surface area contributed by atoms with Crippen LogP contribution < -0.4 is 16.0 Å². The average molecular weight is 358 g/mol. The van der Waals surface area contributed by atoms with Crippen LogP contribution in [0.3, 0.4) is 0 Å². The van der Waals surface area contributed by atoms with Crippen LogP contribution in [0.5, 0.6) is 0 Å². The quantitative estimate of drug-likeness (QED) is 0.866. The molecule has 1 aromatic carbocycles. The fourth-order valence-corrected chi connectivity index (χ4v) is 4.30. The minimum absolute atomic E-state index is 0.192. The van der Waals surface area contributed by atoms with Crippen molar-refractivity contribution in [3.8, 4) is 0 Å². The number of piperidine rings is 1. The number of nitrogens with zero attached hydrogens (tertiary/aromatic N) is 1. The maximum Gasteiger partial charge on any atom is 0.220 e. The fourth-order valence-electron chi connectivity index (χ4n) is 4.30. The second-order valence-corrected chi connectivity index (χ2v) is 9.18. The van der Waals surface area contributed by atoms with Gasteiger partial charge in [-0.3, -0.25) is 4.79 Å². The smallest absolute Gasteiger partial charge is 0.220 e. The van der Waals surface area contributed by atoms with Gasteiger partial charge in [0.2, 0.25) is 5.91 Å². The number of nitrogens with one attached hydrogen (secondary N) is 1. The number of hydrogen-bond acceptors (Lipinski definition) is 3. The molecule has 1 saturated heterocycles. The summed E-state index contributed by atoms with van der Waals surface area (Å²) in [7, 11) is 0. The van der Waals surface area contributed by atoms with Crippen molar-refractivity contribution in [1.29, 1.82) is 0 Å². The number of amides is 1. The number of hydrogen-bond donors (Lipinski definition) is 2. The van der Waals surface area contributed by atoms with Gasteiger partial charge in [-0.25, -0.2) is 0 Å². The first kappa shape index (κ1) is 19.2. The standard InChI is InChI=1S/C22H35N3O/c1-22(2,3)17-7-9-19(10-8-17)25-13-11-18(12-14-25)24-21(26)15-16-5-4-6-20(16)23/h7-10,16,18,20H,4-6,11-15,23H2,1-3H3,(H,24,26)/t16-,20+/m0/s1. The highest BCUT2D eigenvalue weighted by Crippen LogP contribution is 2.28. The molecule has 1 heterocycles. The molecule has 144 valence electrons. The normalized spacial score (nSPS) is 24.7. The number of nitrogens with two attached hydrogens (primary N) is 1. The summed E-state index contributed by atoms with van der Waals surface area (Å²) in [6, 6.07) is 9.49. The van der Waals surface area contributed by atoms with E-state index in [2.05, 4.69) is 55.3 Å². The van der Waals surface area contributed by atoms with E-state index in [0.717, 1.165) is 38.8 Å². The van der Waals surface area contributed by atoms with Gasteiger partial charge in [0, 0.05) is 37.3 Å². The van der Waals surface area contributed by atoms with Gasteiger partial charge in [0.05, 0.1) is 0 Å². The van der Waals surface area contributed by atoms with Gasteiger partial charge in [0.15, 0.2) is 0 Å². The van der Waals surface area contributed by atoms with Crippen molar-refractivity contribution in [2.75, 3.05) is 18.0 Å². The minimum Gasteiger partial charge on any atom is -0.371 e. The lowest BCUT2D eigenvalue weighted by molar-refractivity contribution is -0.122. The fraction of sp³-hybridized carbons (Fsp3) is 0.682. The van der Waals surface area contributed by atoms with Crippen molar-refractivity contribution in [2.24, 2.45) is 11.7 Å². The summed E-state index contributed by atoms with van der Waals surface area (Å²) in [5.74, 6) is 0.580. The molecule has 4 nitrogen and oxygen atoms in total. The molecule has 2 fully saturated rings. The van der Waals surface area contributed by atoms with Gasteiger partial charge < -0.3 is 16.0 Å². The maximum atomic E-state index is 12.3. The minimum atomic E-state index is 0.192. The van der Waals surface area contributed by atoms with Crippen LogP contribution in [0.25, 0.3) is 0 Å². The largest absolute Gasteiger partial charge is 0.371 e. The molecule has 2 aliphatic rings. The van der Waals surface area contributed by atoms with E-state index in [1.54, 1.807) is 0 Å². The third-order valence-electron chi connectivity index (χ3n) is 6.12. The van der Waals surface area contributed by atoms with E-state index in [1.807, 2.05) is 0 Å². The molecule has 0 unspecified atom stereocenters. The maximum absolute atomic E-state index is 12.3. The van der Waals surface area contributed by atoms with Crippen molar-refractivity contribution in [1.82, 2.24) is 5.32 Å². The lowest BCUT2D eigenvalue weighted by Crippen LogP contribution is -2.45. The number of anilines is 1. The van der Waals surface area contributed by atoms with Crippen LogP contribution >= 0.6 is 0 Å². The van der Waals surface area contributed by atoms with Gasteiger partial charge in [-0.15, -0.1) is 0 Å². The Bertz CT molecular complexity index is 597. The van der Waals surface area contributed by atoms with Crippen LogP contribution in [-0.2, 0) is 10.2 Å². The molecular formula is C22H35N3O. The van der Waals surface area contributed by atoms with Gasteiger partial charge in [-0.05, 0) is 54.7 Å². The van der Waals surface area contributed by atoms with E-state index in [9.17, 15) is 4.79 Å². The van der Waals surface area contributed by atoms with E-state index in [0.29, 0.717) is 18.4 Å². The predicted octanol–water partition coefficient (Wildman–Crippen LogP) is 3.59. The monoisotopic (exact) mass is 357 g/mol. The second-order valence-electron chi connectivity index (χ2n) is 9.18. The van der Waals surface area contributed by atoms with Gasteiger partial charge in [-0.1, -0.05) is 39.3 Å². The summed E-state index contributed by atoms with van der Waals surface area (Å²) in [5.41, 5.74) is 8.95. The highest BCUT2D eigenvalue weighted by Gasteiger charge is 2.27. The highest BCUT2D eigenvalue weighted by atomic mass is 16.1. The van der Waals surface area contributed by atoms with E-state index in [1.165, 1.54) is 17.7 Å². The molecule has 3 rings (SSSR count). The average Bonchev–Trinajstić information content (AvgIpc) is 2.99. The third kappa shape index (κ3) is 4.79. The molecule has 1 aliphatic carbocycles. The molecule has 4 heteroatoms. The summed E-state index contributed by atoms with van der Waals surface area (Å²) < 4.78 is 0. The number of carbonyl (C=O) groups excluding carboxylic acids is 1. The van der Waals surface area contributed by atoms with Crippen LogP contribution in [0.15, 0.2) is 24.3 Å². The first-order chi connectivity index (χ1) is 12.3. The van der Waals surface area contributed by atoms with Gasteiger partial charge in [-0.2, -0.15) is 0 Å². The van der Waals surface area contributed by atoms with E-state index in [-0.39, 0.29) is 17.4 Å². The Balaban J connectivity index is 1.46. The summed E-state index contributed by atoms with van der Waals surface area (Å²) >= 11 is 0.